The first-order chi connectivity index (χ1) is 11.5. The van der Waals surface area contributed by atoms with E-state index in [9.17, 15) is 9.59 Å². The van der Waals surface area contributed by atoms with E-state index in [1.807, 2.05) is 30.3 Å². The third kappa shape index (κ3) is 5.59. The lowest BCUT2D eigenvalue weighted by molar-refractivity contribution is 0.183. The summed E-state index contributed by atoms with van der Waals surface area (Å²) in [5.41, 5.74) is 1.01. The third-order valence-electron chi connectivity index (χ3n) is 3.23. The Morgan fingerprint density at radius 1 is 1.17 bits per heavy atom. The van der Waals surface area contributed by atoms with Crippen LogP contribution in [-0.4, -0.2) is 39.1 Å². The summed E-state index contributed by atoms with van der Waals surface area (Å²) in [6.07, 6.45) is -1.10. The van der Waals surface area contributed by atoms with Gasteiger partial charge in [0.2, 0.25) is 5.89 Å². The number of hydrogen-bond donors (Lipinski definition) is 4. The van der Waals surface area contributed by atoms with Crippen LogP contribution in [0.2, 0.25) is 0 Å². The number of hydrogen-bond acceptors (Lipinski definition) is 5. The van der Waals surface area contributed by atoms with Crippen LogP contribution in [0.5, 0.6) is 0 Å². The molecular formula is C15H18N4O5. The van der Waals surface area contributed by atoms with Gasteiger partial charge >= 0.3 is 12.2 Å². The highest BCUT2D eigenvalue weighted by molar-refractivity contribution is 5.65. The fourth-order valence-electron chi connectivity index (χ4n) is 2.17. The van der Waals surface area contributed by atoms with E-state index in [2.05, 4.69) is 20.8 Å². The molecule has 0 aliphatic heterocycles. The van der Waals surface area contributed by atoms with Gasteiger partial charge in [-0.1, -0.05) is 35.5 Å². The van der Waals surface area contributed by atoms with E-state index in [0.717, 1.165) is 5.56 Å². The Hall–Kier alpha value is -3.10. The van der Waals surface area contributed by atoms with Gasteiger partial charge in [0, 0.05) is 13.0 Å². The predicted molar refractivity (Wildman–Crippen MR) is 82.7 cm³/mol. The Bertz CT molecular complexity index is 674. The third-order valence-corrected chi connectivity index (χ3v) is 3.23. The maximum absolute atomic E-state index is 10.9. The van der Waals surface area contributed by atoms with Crippen LogP contribution in [0.1, 0.15) is 36.2 Å². The van der Waals surface area contributed by atoms with Crippen LogP contribution in [-0.2, 0) is 6.42 Å². The zero-order valence-corrected chi connectivity index (χ0v) is 12.8. The minimum atomic E-state index is -1.21. The first kappa shape index (κ1) is 17.3. The van der Waals surface area contributed by atoms with E-state index in [4.69, 9.17) is 14.7 Å². The highest BCUT2D eigenvalue weighted by atomic mass is 16.5. The largest absolute Gasteiger partial charge is 0.465 e. The van der Waals surface area contributed by atoms with Crippen molar-refractivity contribution in [1.82, 2.24) is 20.8 Å². The number of aromatic nitrogens is 2. The molecule has 1 heterocycles. The Morgan fingerprint density at radius 3 is 2.58 bits per heavy atom. The van der Waals surface area contributed by atoms with Gasteiger partial charge in [-0.15, -0.1) is 0 Å². The molecule has 0 saturated heterocycles. The average molecular weight is 334 g/mol. The molecule has 128 valence electrons. The van der Waals surface area contributed by atoms with E-state index < -0.39 is 18.2 Å². The Morgan fingerprint density at radius 2 is 1.92 bits per heavy atom. The van der Waals surface area contributed by atoms with E-state index in [1.54, 1.807) is 0 Å². The van der Waals surface area contributed by atoms with E-state index >= 15 is 0 Å². The van der Waals surface area contributed by atoms with Gasteiger partial charge in [-0.25, -0.2) is 9.59 Å². The number of carboxylic acid groups (broad SMARTS) is 2. The normalized spacial score (nSPS) is 11.7. The van der Waals surface area contributed by atoms with Crippen LogP contribution >= 0.6 is 0 Å². The molecule has 0 saturated carbocycles. The number of amides is 2. The molecule has 1 aromatic heterocycles. The van der Waals surface area contributed by atoms with Crippen LogP contribution in [0, 0.1) is 0 Å². The maximum Gasteiger partial charge on any atom is 0.405 e. The predicted octanol–water partition coefficient (Wildman–Crippen LogP) is 2.02. The topological polar surface area (TPSA) is 138 Å². The second-order valence-electron chi connectivity index (χ2n) is 5.09. The summed E-state index contributed by atoms with van der Waals surface area (Å²) in [5, 5.41) is 25.8. The highest BCUT2D eigenvalue weighted by Crippen LogP contribution is 2.17. The fraction of sp³-hybridized carbons (Fsp3) is 0.333. The molecule has 9 nitrogen and oxygen atoms in total. The van der Waals surface area contributed by atoms with Crippen LogP contribution < -0.4 is 10.6 Å². The molecule has 0 fully saturated rings. The second kappa shape index (κ2) is 8.51. The molecule has 2 aromatic rings. The van der Waals surface area contributed by atoms with Crippen LogP contribution in [0.15, 0.2) is 34.9 Å². The van der Waals surface area contributed by atoms with Gasteiger partial charge in [0.05, 0.1) is 0 Å². The minimum Gasteiger partial charge on any atom is -0.465 e. The molecule has 9 heteroatoms. The molecule has 0 aliphatic rings. The van der Waals surface area contributed by atoms with Crippen molar-refractivity contribution < 1.29 is 24.3 Å². The van der Waals surface area contributed by atoms with Gasteiger partial charge in [-0.3, -0.25) is 0 Å². The summed E-state index contributed by atoms with van der Waals surface area (Å²) in [6.45, 7) is 0.206. The summed E-state index contributed by atoms with van der Waals surface area (Å²) in [5.74, 6) is 0.621. The van der Waals surface area contributed by atoms with Crippen molar-refractivity contribution >= 4 is 12.2 Å². The molecule has 0 spiro atoms. The number of nitrogens with zero attached hydrogens (tertiary/aromatic N) is 2. The van der Waals surface area contributed by atoms with Crippen molar-refractivity contribution in [2.45, 2.75) is 25.3 Å². The molecular weight excluding hydrogens is 316 g/mol. The summed E-state index contributed by atoms with van der Waals surface area (Å²) >= 11 is 0. The lowest BCUT2D eigenvalue weighted by Crippen LogP contribution is -2.28. The monoisotopic (exact) mass is 334 g/mol. The average Bonchev–Trinajstić information content (AvgIpc) is 2.99. The first-order valence-electron chi connectivity index (χ1n) is 7.37. The smallest absolute Gasteiger partial charge is 0.405 e. The highest BCUT2D eigenvalue weighted by Gasteiger charge is 2.21. The van der Waals surface area contributed by atoms with Crippen molar-refractivity contribution in [3.63, 3.8) is 0 Å². The Labute approximate surface area is 137 Å². The molecule has 2 amide bonds. The molecule has 0 aliphatic carbocycles. The minimum absolute atomic E-state index is 0.165. The van der Waals surface area contributed by atoms with Crippen LogP contribution in [0.3, 0.4) is 0 Å². The zero-order valence-electron chi connectivity index (χ0n) is 12.8. The van der Waals surface area contributed by atoms with E-state index in [1.165, 1.54) is 0 Å². The lowest BCUT2D eigenvalue weighted by atomic mass is 10.1. The fourth-order valence-corrected chi connectivity index (χ4v) is 2.17. The van der Waals surface area contributed by atoms with Crippen molar-refractivity contribution in [3.05, 3.63) is 47.6 Å². The van der Waals surface area contributed by atoms with Crippen LogP contribution in [0.4, 0.5) is 9.59 Å². The van der Waals surface area contributed by atoms with Gasteiger partial charge in [0.25, 0.3) is 0 Å². The quantitative estimate of drug-likeness (QED) is 0.542. The molecule has 24 heavy (non-hydrogen) atoms. The molecule has 0 unspecified atom stereocenters. The van der Waals surface area contributed by atoms with Crippen LogP contribution in [0.25, 0.3) is 0 Å². The van der Waals surface area contributed by atoms with Crippen molar-refractivity contribution in [3.8, 4) is 0 Å². The standard InChI is InChI=1S/C15H18N4O5/c20-14(21)16-8-4-7-11(17-15(22)23)13-18-12(19-24-13)9-10-5-2-1-3-6-10/h1-3,5-6,11,16-17H,4,7-9H2,(H,20,21)(H,22,23)/t11-/m0/s1. The first-order valence-corrected chi connectivity index (χ1v) is 7.37. The van der Waals surface area contributed by atoms with Crippen molar-refractivity contribution in [1.29, 1.82) is 0 Å². The van der Waals surface area contributed by atoms with Crippen molar-refractivity contribution in [2.75, 3.05) is 6.54 Å². The van der Waals surface area contributed by atoms with Gasteiger partial charge in [-0.05, 0) is 18.4 Å². The molecule has 1 atom stereocenters. The number of carbonyl (C=O) groups is 2. The molecule has 2 rings (SSSR count). The number of rotatable bonds is 8. The SMILES string of the molecule is O=C(O)NCCC[C@H](NC(=O)O)c1nc(Cc2ccccc2)no1. The van der Waals surface area contributed by atoms with Gasteiger partial charge in [0.15, 0.2) is 5.82 Å². The number of benzene rings is 1. The van der Waals surface area contributed by atoms with Crippen molar-refractivity contribution in [2.24, 2.45) is 0 Å². The Kier molecular flexibility index (Phi) is 6.12. The second-order valence-corrected chi connectivity index (χ2v) is 5.09. The van der Waals surface area contributed by atoms with E-state index in [-0.39, 0.29) is 12.4 Å². The van der Waals surface area contributed by atoms with E-state index in [0.29, 0.717) is 25.1 Å². The summed E-state index contributed by atoms with van der Waals surface area (Å²) in [6, 6.07) is 8.89. The molecule has 0 radical (unpaired) electrons. The van der Waals surface area contributed by atoms with Gasteiger partial charge in [0.1, 0.15) is 6.04 Å². The zero-order chi connectivity index (χ0) is 17.4. The number of nitrogens with one attached hydrogen (secondary N) is 2. The van der Waals surface area contributed by atoms with Gasteiger partial charge in [-0.2, -0.15) is 4.98 Å². The van der Waals surface area contributed by atoms with Gasteiger partial charge < -0.3 is 25.4 Å². The molecule has 0 bridgehead atoms. The Balaban J connectivity index is 1.98. The summed E-state index contributed by atoms with van der Waals surface area (Å²) in [7, 11) is 0. The summed E-state index contributed by atoms with van der Waals surface area (Å²) < 4.78 is 5.15. The lowest BCUT2D eigenvalue weighted by Gasteiger charge is -2.12. The maximum atomic E-state index is 10.9. The molecule has 4 N–H and O–H groups in total. The molecule has 1 aromatic carbocycles. The summed E-state index contributed by atoms with van der Waals surface area (Å²) in [4.78, 5) is 25.6.